The first-order chi connectivity index (χ1) is 7.06. The second-order valence-electron chi connectivity index (χ2n) is 4.36. The molecule has 0 aromatic heterocycles. The highest BCUT2D eigenvalue weighted by Gasteiger charge is 2.03. The molecular weight excluding hydrogens is 190 g/mol. The molecule has 0 aliphatic rings. The van der Waals surface area contributed by atoms with Crippen molar-refractivity contribution in [2.75, 3.05) is 13.2 Å². The van der Waals surface area contributed by atoms with Gasteiger partial charge in [0.15, 0.2) is 5.96 Å². The molecule has 0 spiro atoms. The average Bonchev–Trinajstić information content (AvgIpc) is 2.14. The number of aliphatic imine (C=N–C) groups is 1. The standard InChI is InChI=1S/C11H25N3O/c1-9(2)5-4-6-10(3)14-11(12)13-7-8-15/h9-10,15H,4-8H2,1-3H3,(H3,12,13,14). The second-order valence-corrected chi connectivity index (χ2v) is 4.36. The van der Waals surface area contributed by atoms with E-state index in [1.54, 1.807) is 0 Å². The quantitative estimate of drug-likeness (QED) is 0.440. The van der Waals surface area contributed by atoms with Crippen LogP contribution in [0.5, 0.6) is 0 Å². The van der Waals surface area contributed by atoms with E-state index in [-0.39, 0.29) is 6.61 Å². The number of rotatable bonds is 7. The molecule has 0 aromatic carbocycles. The summed E-state index contributed by atoms with van der Waals surface area (Å²) < 4.78 is 0. The van der Waals surface area contributed by atoms with Crippen LogP contribution in [-0.2, 0) is 0 Å². The summed E-state index contributed by atoms with van der Waals surface area (Å²) in [5.41, 5.74) is 5.62. The highest BCUT2D eigenvalue weighted by Crippen LogP contribution is 2.07. The molecule has 1 atom stereocenters. The minimum absolute atomic E-state index is 0.0457. The average molecular weight is 215 g/mol. The molecule has 4 nitrogen and oxygen atoms in total. The lowest BCUT2D eigenvalue weighted by Crippen LogP contribution is -2.38. The van der Waals surface area contributed by atoms with Crippen LogP contribution in [0.4, 0.5) is 0 Å². The van der Waals surface area contributed by atoms with Gasteiger partial charge in [-0.2, -0.15) is 0 Å². The van der Waals surface area contributed by atoms with Crippen LogP contribution in [0.25, 0.3) is 0 Å². The maximum absolute atomic E-state index is 8.56. The number of nitrogens with one attached hydrogen (secondary N) is 1. The summed E-state index contributed by atoms with van der Waals surface area (Å²) in [5.74, 6) is 1.19. The van der Waals surface area contributed by atoms with Gasteiger partial charge in [-0.25, -0.2) is 0 Å². The Kier molecular flexibility index (Phi) is 8.09. The number of nitrogens with zero attached hydrogens (tertiary/aromatic N) is 1. The van der Waals surface area contributed by atoms with Crippen LogP contribution in [0.15, 0.2) is 4.99 Å². The highest BCUT2D eigenvalue weighted by molar-refractivity contribution is 5.78. The SMILES string of the molecule is CC(C)CCCC(C)NC(N)=NCCO. The fourth-order valence-electron chi connectivity index (χ4n) is 1.37. The third kappa shape index (κ3) is 9.53. The van der Waals surface area contributed by atoms with Crippen molar-refractivity contribution in [1.29, 1.82) is 0 Å². The van der Waals surface area contributed by atoms with Crippen molar-refractivity contribution in [3.05, 3.63) is 0 Å². The molecule has 15 heavy (non-hydrogen) atoms. The van der Waals surface area contributed by atoms with Gasteiger partial charge in [-0.1, -0.05) is 26.7 Å². The van der Waals surface area contributed by atoms with Crippen molar-refractivity contribution in [2.24, 2.45) is 16.6 Å². The number of hydrogen-bond donors (Lipinski definition) is 3. The minimum Gasteiger partial charge on any atom is -0.394 e. The van der Waals surface area contributed by atoms with Crippen molar-refractivity contribution in [3.8, 4) is 0 Å². The van der Waals surface area contributed by atoms with E-state index in [2.05, 4.69) is 31.1 Å². The van der Waals surface area contributed by atoms with Crippen LogP contribution in [-0.4, -0.2) is 30.3 Å². The number of aliphatic hydroxyl groups is 1. The van der Waals surface area contributed by atoms with Gasteiger partial charge in [0.1, 0.15) is 0 Å². The molecule has 0 saturated carbocycles. The van der Waals surface area contributed by atoms with E-state index in [0.29, 0.717) is 18.5 Å². The third-order valence-corrected chi connectivity index (χ3v) is 2.20. The molecule has 0 fully saturated rings. The first-order valence-corrected chi connectivity index (χ1v) is 5.73. The Morgan fingerprint density at radius 2 is 2.00 bits per heavy atom. The molecule has 0 rings (SSSR count). The van der Waals surface area contributed by atoms with E-state index in [1.165, 1.54) is 12.8 Å². The molecule has 0 aliphatic carbocycles. The van der Waals surface area contributed by atoms with E-state index in [4.69, 9.17) is 10.8 Å². The zero-order valence-electron chi connectivity index (χ0n) is 10.2. The van der Waals surface area contributed by atoms with Gasteiger partial charge in [-0.05, 0) is 19.3 Å². The summed E-state index contributed by atoms with van der Waals surface area (Å²) in [5, 5.41) is 11.7. The highest BCUT2D eigenvalue weighted by atomic mass is 16.3. The second kappa shape index (κ2) is 8.53. The minimum atomic E-state index is 0.0457. The van der Waals surface area contributed by atoms with E-state index in [0.717, 1.165) is 12.3 Å². The number of aliphatic hydroxyl groups excluding tert-OH is 1. The lowest BCUT2D eigenvalue weighted by atomic mass is 10.0. The van der Waals surface area contributed by atoms with Gasteiger partial charge in [-0.3, -0.25) is 4.99 Å². The van der Waals surface area contributed by atoms with Crippen molar-refractivity contribution in [2.45, 2.75) is 46.1 Å². The van der Waals surface area contributed by atoms with Crippen LogP contribution in [0.1, 0.15) is 40.0 Å². The molecule has 0 heterocycles. The summed E-state index contributed by atoms with van der Waals surface area (Å²) in [6, 6.07) is 0.353. The summed E-state index contributed by atoms with van der Waals surface area (Å²) in [7, 11) is 0. The van der Waals surface area contributed by atoms with Crippen LogP contribution in [0.2, 0.25) is 0 Å². The fraction of sp³-hybridized carbons (Fsp3) is 0.909. The fourth-order valence-corrected chi connectivity index (χ4v) is 1.37. The molecule has 0 radical (unpaired) electrons. The largest absolute Gasteiger partial charge is 0.394 e. The Morgan fingerprint density at radius 1 is 1.33 bits per heavy atom. The van der Waals surface area contributed by atoms with Crippen LogP contribution in [0.3, 0.4) is 0 Å². The van der Waals surface area contributed by atoms with Gasteiger partial charge in [0.05, 0.1) is 13.2 Å². The summed E-state index contributed by atoms with van der Waals surface area (Å²) in [4.78, 5) is 3.96. The Labute approximate surface area is 93.0 Å². The summed E-state index contributed by atoms with van der Waals surface area (Å²) in [6.45, 7) is 6.98. The number of hydrogen-bond acceptors (Lipinski definition) is 2. The molecule has 90 valence electrons. The smallest absolute Gasteiger partial charge is 0.188 e. The van der Waals surface area contributed by atoms with Gasteiger partial charge in [0.25, 0.3) is 0 Å². The number of guanidine groups is 1. The molecule has 0 bridgehead atoms. The molecule has 0 aromatic rings. The normalized spacial score (nSPS) is 14.3. The van der Waals surface area contributed by atoms with Crippen molar-refractivity contribution in [1.82, 2.24) is 5.32 Å². The maximum atomic E-state index is 8.56. The van der Waals surface area contributed by atoms with Crippen molar-refractivity contribution < 1.29 is 5.11 Å². The Bertz CT molecular complexity index is 181. The van der Waals surface area contributed by atoms with Gasteiger partial charge >= 0.3 is 0 Å². The summed E-state index contributed by atoms with van der Waals surface area (Å²) in [6.07, 6.45) is 3.56. The molecular formula is C11H25N3O. The monoisotopic (exact) mass is 215 g/mol. The van der Waals surface area contributed by atoms with Crippen LogP contribution < -0.4 is 11.1 Å². The van der Waals surface area contributed by atoms with Gasteiger partial charge in [-0.15, -0.1) is 0 Å². The topological polar surface area (TPSA) is 70.6 Å². The van der Waals surface area contributed by atoms with Crippen LogP contribution in [0, 0.1) is 5.92 Å². The predicted molar refractivity (Wildman–Crippen MR) is 64.9 cm³/mol. The van der Waals surface area contributed by atoms with Gasteiger partial charge < -0.3 is 16.2 Å². The van der Waals surface area contributed by atoms with E-state index in [1.807, 2.05) is 0 Å². The molecule has 0 saturated heterocycles. The molecule has 0 aliphatic heterocycles. The van der Waals surface area contributed by atoms with E-state index >= 15 is 0 Å². The Balaban J connectivity index is 3.59. The lowest BCUT2D eigenvalue weighted by molar-refractivity contribution is 0.306. The van der Waals surface area contributed by atoms with Crippen molar-refractivity contribution >= 4 is 5.96 Å². The first kappa shape index (κ1) is 14.2. The third-order valence-electron chi connectivity index (χ3n) is 2.20. The zero-order valence-corrected chi connectivity index (χ0v) is 10.2. The predicted octanol–water partition coefficient (Wildman–Crippen LogP) is 1.10. The molecule has 4 N–H and O–H groups in total. The van der Waals surface area contributed by atoms with E-state index in [9.17, 15) is 0 Å². The molecule has 4 heteroatoms. The van der Waals surface area contributed by atoms with Crippen molar-refractivity contribution in [3.63, 3.8) is 0 Å². The van der Waals surface area contributed by atoms with Gasteiger partial charge in [0.2, 0.25) is 0 Å². The summed E-state index contributed by atoms with van der Waals surface area (Å²) >= 11 is 0. The maximum Gasteiger partial charge on any atom is 0.188 e. The zero-order chi connectivity index (χ0) is 11.7. The number of nitrogens with two attached hydrogens (primary N) is 1. The first-order valence-electron chi connectivity index (χ1n) is 5.73. The Morgan fingerprint density at radius 3 is 2.53 bits per heavy atom. The molecule has 0 amide bonds. The Hall–Kier alpha value is -0.770. The van der Waals surface area contributed by atoms with Gasteiger partial charge in [0, 0.05) is 6.04 Å². The lowest BCUT2D eigenvalue weighted by Gasteiger charge is -2.14. The van der Waals surface area contributed by atoms with Crippen LogP contribution >= 0.6 is 0 Å². The van der Waals surface area contributed by atoms with E-state index < -0.39 is 0 Å². The molecule has 1 unspecified atom stereocenters.